The van der Waals surface area contributed by atoms with Crippen LogP contribution in [0.5, 0.6) is 0 Å². The molecule has 0 radical (unpaired) electrons. The third-order valence-corrected chi connectivity index (χ3v) is 2.25. The van der Waals surface area contributed by atoms with Crippen molar-refractivity contribution in [2.24, 2.45) is 7.05 Å². The number of hydrogen-bond acceptors (Lipinski definition) is 4. The molecule has 0 amide bonds. The molecule has 0 aliphatic heterocycles. The second kappa shape index (κ2) is 4.10. The minimum absolute atomic E-state index is 0.150. The van der Waals surface area contributed by atoms with Gasteiger partial charge in [0.05, 0.1) is 6.42 Å². The number of rotatable bonds is 4. The van der Waals surface area contributed by atoms with Gasteiger partial charge < -0.3 is 9.67 Å². The van der Waals surface area contributed by atoms with Gasteiger partial charge in [-0.25, -0.2) is 0 Å². The van der Waals surface area contributed by atoms with E-state index in [1.165, 1.54) is 11.8 Å². The van der Waals surface area contributed by atoms with Crippen LogP contribution in [0.4, 0.5) is 0 Å². The maximum absolute atomic E-state index is 10.2. The number of carboxylic acids is 1. The number of aromatic nitrogens is 3. The summed E-state index contributed by atoms with van der Waals surface area (Å²) in [6.07, 6.45) is 1.74. The molecule has 0 saturated heterocycles. The smallest absolute Gasteiger partial charge is 0.304 e. The Kier molecular flexibility index (Phi) is 3.09. The van der Waals surface area contributed by atoms with E-state index in [0.717, 1.165) is 5.16 Å². The predicted octanol–water partition coefficient (Wildman–Crippen LogP) is 0.382. The van der Waals surface area contributed by atoms with Crippen LogP contribution >= 0.6 is 11.8 Å². The van der Waals surface area contributed by atoms with Crippen molar-refractivity contribution in [2.45, 2.75) is 11.6 Å². The zero-order valence-corrected chi connectivity index (χ0v) is 7.41. The summed E-state index contributed by atoms with van der Waals surface area (Å²) < 4.78 is 1.76. The number of thioether (sulfide) groups is 1. The molecule has 66 valence electrons. The van der Waals surface area contributed by atoms with Crippen LogP contribution in [0.2, 0.25) is 0 Å². The van der Waals surface area contributed by atoms with E-state index >= 15 is 0 Å². The van der Waals surface area contributed by atoms with Gasteiger partial charge in [0, 0.05) is 12.8 Å². The van der Waals surface area contributed by atoms with Crippen molar-refractivity contribution >= 4 is 17.7 Å². The highest BCUT2D eigenvalue weighted by molar-refractivity contribution is 7.99. The summed E-state index contributed by atoms with van der Waals surface area (Å²) in [5.41, 5.74) is 0. The van der Waals surface area contributed by atoms with Gasteiger partial charge in [0.25, 0.3) is 0 Å². The number of aliphatic carboxylic acids is 1. The van der Waals surface area contributed by atoms with E-state index in [4.69, 9.17) is 5.11 Å². The van der Waals surface area contributed by atoms with Gasteiger partial charge in [0.2, 0.25) is 0 Å². The normalized spacial score (nSPS) is 10.1. The molecule has 1 heterocycles. The minimum atomic E-state index is -0.787. The molecule has 5 nitrogen and oxygen atoms in total. The number of aryl methyl sites for hydroxylation is 1. The Hall–Kier alpha value is -1.04. The first-order valence-electron chi connectivity index (χ1n) is 3.38. The average Bonchev–Trinajstić information content (AvgIpc) is 2.36. The Morgan fingerprint density at radius 3 is 3.08 bits per heavy atom. The van der Waals surface area contributed by atoms with Crippen molar-refractivity contribution in [3.05, 3.63) is 6.33 Å². The number of hydrogen-bond donors (Lipinski definition) is 1. The van der Waals surface area contributed by atoms with Crippen molar-refractivity contribution in [1.29, 1.82) is 0 Å². The first-order valence-corrected chi connectivity index (χ1v) is 4.37. The summed E-state index contributed by atoms with van der Waals surface area (Å²) in [4.78, 5) is 10.2. The molecule has 1 rings (SSSR count). The number of carbonyl (C=O) groups is 1. The lowest BCUT2D eigenvalue weighted by molar-refractivity contribution is -0.136. The first kappa shape index (κ1) is 9.05. The molecule has 12 heavy (non-hydrogen) atoms. The van der Waals surface area contributed by atoms with Gasteiger partial charge in [-0.3, -0.25) is 4.79 Å². The van der Waals surface area contributed by atoms with Crippen LogP contribution in [0.3, 0.4) is 0 Å². The van der Waals surface area contributed by atoms with Crippen LogP contribution in [0, 0.1) is 0 Å². The molecule has 1 aromatic rings. The fraction of sp³-hybridized carbons (Fsp3) is 0.500. The fourth-order valence-electron chi connectivity index (χ4n) is 0.633. The maximum Gasteiger partial charge on any atom is 0.304 e. The highest BCUT2D eigenvalue weighted by Gasteiger charge is 2.02. The van der Waals surface area contributed by atoms with Gasteiger partial charge in [-0.1, -0.05) is 11.8 Å². The van der Waals surface area contributed by atoms with Crippen molar-refractivity contribution in [1.82, 2.24) is 14.8 Å². The molecule has 0 aliphatic rings. The Morgan fingerprint density at radius 2 is 2.58 bits per heavy atom. The molecule has 6 heteroatoms. The Morgan fingerprint density at radius 1 is 1.83 bits per heavy atom. The number of nitrogens with zero attached hydrogens (tertiary/aromatic N) is 3. The van der Waals surface area contributed by atoms with Crippen LogP contribution < -0.4 is 0 Å². The number of carboxylic acid groups (broad SMARTS) is 1. The Bertz CT molecular complexity index is 274. The van der Waals surface area contributed by atoms with Gasteiger partial charge in [0.15, 0.2) is 5.16 Å². The molecule has 0 aromatic carbocycles. The van der Waals surface area contributed by atoms with Gasteiger partial charge in [-0.15, -0.1) is 10.2 Å². The molecule has 0 bridgehead atoms. The van der Waals surface area contributed by atoms with Gasteiger partial charge >= 0.3 is 5.97 Å². The van der Waals surface area contributed by atoms with Crippen LogP contribution in [0.1, 0.15) is 6.42 Å². The summed E-state index contributed by atoms with van der Waals surface area (Å²) in [6, 6.07) is 0. The quantitative estimate of drug-likeness (QED) is 0.690. The van der Waals surface area contributed by atoms with E-state index in [1.807, 2.05) is 7.05 Å². The van der Waals surface area contributed by atoms with Gasteiger partial charge in [-0.2, -0.15) is 0 Å². The Balaban J connectivity index is 2.33. The maximum atomic E-state index is 10.2. The fourth-order valence-corrected chi connectivity index (χ4v) is 1.45. The van der Waals surface area contributed by atoms with E-state index in [9.17, 15) is 4.79 Å². The first-order chi connectivity index (χ1) is 5.70. The second-order valence-corrected chi connectivity index (χ2v) is 3.28. The summed E-state index contributed by atoms with van der Waals surface area (Å²) >= 11 is 1.39. The molecule has 1 aromatic heterocycles. The second-order valence-electron chi connectivity index (χ2n) is 2.22. The van der Waals surface area contributed by atoms with Gasteiger partial charge in [0.1, 0.15) is 6.33 Å². The molecule has 0 atom stereocenters. The largest absolute Gasteiger partial charge is 0.481 e. The van der Waals surface area contributed by atoms with E-state index < -0.39 is 5.97 Å². The molecule has 0 aliphatic carbocycles. The zero-order valence-electron chi connectivity index (χ0n) is 6.60. The zero-order chi connectivity index (χ0) is 8.97. The summed E-state index contributed by atoms with van der Waals surface area (Å²) in [6.45, 7) is 0. The lowest BCUT2D eigenvalue weighted by atomic mass is 10.5. The van der Waals surface area contributed by atoms with E-state index in [-0.39, 0.29) is 6.42 Å². The molecule has 1 N–H and O–H groups in total. The third-order valence-electron chi connectivity index (χ3n) is 1.22. The third kappa shape index (κ3) is 2.54. The van der Waals surface area contributed by atoms with Crippen LogP contribution in [-0.4, -0.2) is 31.6 Å². The molecular formula is C6H9N3O2S. The lowest BCUT2D eigenvalue weighted by Gasteiger charge is -1.96. The molecular weight excluding hydrogens is 178 g/mol. The lowest BCUT2D eigenvalue weighted by Crippen LogP contribution is -1.97. The monoisotopic (exact) mass is 187 g/mol. The van der Waals surface area contributed by atoms with Crippen LogP contribution in [-0.2, 0) is 11.8 Å². The standard InChI is InChI=1S/C6H9N3O2S/c1-9-4-7-8-6(9)12-3-2-5(10)11/h4H,2-3H2,1H3,(H,10,11). The van der Waals surface area contributed by atoms with Crippen molar-refractivity contribution in [3.63, 3.8) is 0 Å². The van der Waals surface area contributed by atoms with Gasteiger partial charge in [-0.05, 0) is 0 Å². The topological polar surface area (TPSA) is 68.0 Å². The SMILES string of the molecule is Cn1cnnc1SCCC(=O)O. The molecule has 0 unspecified atom stereocenters. The van der Waals surface area contributed by atoms with Crippen LogP contribution in [0.25, 0.3) is 0 Å². The highest BCUT2D eigenvalue weighted by atomic mass is 32.2. The predicted molar refractivity (Wildman–Crippen MR) is 44.0 cm³/mol. The van der Waals surface area contributed by atoms with E-state index in [2.05, 4.69) is 10.2 Å². The molecule has 0 fully saturated rings. The van der Waals surface area contributed by atoms with Crippen LogP contribution in [0.15, 0.2) is 11.5 Å². The molecule has 0 saturated carbocycles. The highest BCUT2D eigenvalue weighted by Crippen LogP contribution is 2.13. The van der Waals surface area contributed by atoms with E-state index in [0.29, 0.717) is 5.75 Å². The average molecular weight is 187 g/mol. The van der Waals surface area contributed by atoms with E-state index in [1.54, 1.807) is 10.9 Å². The van der Waals surface area contributed by atoms with Crippen molar-refractivity contribution in [2.75, 3.05) is 5.75 Å². The summed E-state index contributed by atoms with van der Waals surface area (Å²) in [5, 5.41) is 16.6. The summed E-state index contributed by atoms with van der Waals surface area (Å²) in [5.74, 6) is -0.258. The molecule has 0 spiro atoms. The summed E-state index contributed by atoms with van der Waals surface area (Å²) in [7, 11) is 1.82. The van der Waals surface area contributed by atoms with Crippen molar-refractivity contribution < 1.29 is 9.90 Å². The van der Waals surface area contributed by atoms with Crippen molar-refractivity contribution in [3.8, 4) is 0 Å². The minimum Gasteiger partial charge on any atom is -0.481 e. The Labute approximate surface area is 73.8 Å².